The van der Waals surface area contributed by atoms with E-state index >= 15 is 0 Å². The smallest absolute Gasteiger partial charge is 0.106 e. The molecular weight excluding hydrogens is 212 g/mol. The quantitative estimate of drug-likeness (QED) is 0.877. The average Bonchev–Trinajstić information content (AvgIpc) is 2.73. The molecular formula is C15H18O2. The van der Waals surface area contributed by atoms with Crippen LogP contribution in [0.5, 0.6) is 0 Å². The fourth-order valence-corrected chi connectivity index (χ4v) is 1.93. The highest BCUT2D eigenvalue weighted by molar-refractivity contribution is 5.33. The van der Waals surface area contributed by atoms with Crippen molar-refractivity contribution in [3.8, 4) is 0 Å². The fraction of sp³-hybridized carbons (Fsp3) is 0.333. The van der Waals surface area contributed by atoms with Gasteiger partial charge in [0.2, 0.25) is 0 Å². The molecule has 1 aromatic carbocycles. The normalized spacial score (nSPS) is 14.6. The molecule has 0 aliphatic rings. The predicted octanol–water partition coefficient (Wildman–Crippen LogP) is 3.35. The van der Waals surface area contributed by atoms with Crippen LogP contribution in [0.25, 0.3) is 0 Å². The molecule has 1 aromatic heterocycles. The Hall–Kier alpha value is -1.54. The van der Waals surface area contributed by atoms with Gasteiger partial charge in [-0.25, -0.2) is 0 Å². The zero-order chi connectivity index (χ0) is 12.5. The predicted molar refractivity (Wildman–Crippen MR) is 67.9 cm³/mol. The fourth-order valence-electron chi connectivity index (χ4n) is 1.93. The zero-order valence-electron chi connectivity index (χ0n) is 10.5. The maximum absolute atomic E-state index is 10.5. The molecule has 0 amide bonds. The Kier molecular flexibility index (Phi) is 3.07. The molecule has 0 bridgehead atoms. The minimum atomic E-state index is -0.893. The molecule has 0 saturated heterocycles. The Morgan fingerprint density at radius 2 is 1.94 bits per heavy atom. The number of aliphatic hydroxyl groups is 1. The lowest BCUT2D eigenvalue weighted by Crippen LogP contribution is -2.24. The van der Waals surface area contributed by atoms with E-state index in [4.69, 9.17) is 4.42 Å². The minimum Gasteiger partial charge on any atom is -0.469 e. The van der Waals surface area contributed by atoms with E-state index in [2.05, 4.69) is 13.8 Å². The number of furan rings is 1. The summed E-state index contributed by atoms with van der Waals surface area (Å²) in [4.78, 5) is 0. The van der Waals surface area contributed by atoms with E-state index in [-0.39, 0.29) is 0 Å². The molecule has 0 fully saturated rings. The van der Waals surface area contributed by atoms with E-state index in [1.54, 1.807) is 6.26 Å². The summed E-state index contributed by atoms with van der Waals surface area (Å²) in [6.07, 6.45) is 2.12. The molecule has 0 radical (unpaired) electrons. The van der Waals surface area contributed by atoms with Crippen LogP contribution in [0.3, 0.4) is 0 Å². The SMILES string of the molecule is Cc1ccc(C(C)(O)Cc2ccco2)cc1C. The number of aryl methyl sites for hydroxylation is 2. The van der Waals surface area contributed by atoms with Crippen LogP contribution in [0.1, 0.15) is 29.4 Å². The lowest BCUT2D eigenvalue weighted by Gasteiger charge is -2.23. The molecule has 1 heterocycles. The molecule has 1 unspecified atom stereocenters. The second kappa shape index (κ2) is 4.38. The van der Waals surface area contributed by atoms with Gasteiger partial charge in [-0.15, -0.1) is 0 Å². The van der Waals surface area contributed by atoms with Gasteiger partial charge in [-0.05, 0) is 49.6 Å². The summed E-state index contributed by atoms with van der Waals surface area (Å²) >= 11 is 0. The topological polar surface area (TPSA) is 33.4 Å². The molecule has 0 aliphatic carbocycles. The second-order valence-corrected chi connectivity index (χ2v) is 4.83. The first-order chi connectivity index (χ1) is 7.99. The molecule has 0 aliphatic heterocycles. The first kappa shape index (κ1) is 11.9. The molecule has 1 atom stereocenters. The summed E-state index contributed by atoms with van der Waals surface area (Å²) < 4.78 is 5.28. The van der Waals surface area contributed by atoms with Gasteiger partial charge in [0.1, 0.15) is 5.76 Å². The van der Waals surface area contributed by atoms with Crippen LogP contribution in [0.2, 0.25) is 0 Å². The van der Waals surface area contributed by atoms with Crippen molar-refractivity contribution in [3.63, 3.8) is 0 Å². The van der Waals surface area contributed by atoms with Crippen molar-refractivity contribution in [1.29, 1.82) is 0 Å². The summed E-state index contributed by atoms with van der Waals surface area (Å²) in [5.41, 5.74) is 2.47. The van der Waals surface area contributed by atoms with Gasteiger partial charge in [-0.2, -0.15) is 0 Å². The third-order valence-corrected chi connectivity index (χ3v) is 3.23. The van der Waals surface area contributed by atoms with E-state index < -0.39 is 5.60 Å². The number of benzene rings is 1. The highest BCUT2D eigenvalue weighted by Crippen LogP contribution is 2.27. The van der Waals surface area contributed by atoms with Crippen LogP contribution < -0.4 is 0 Å². The number of hydrogen-bond acceptors (Lipinski definition) is 2. The number of hydrogen-bond donors (Lipinski definition) is 1. The zero-order valence-corrected chi connectivity index (χ0v) is 10.5. The molecule has 0 saturated carbocycles. The van der Waals surface area contributed by atoms with Gasteiger partial charge in [-0.1, -0.05) is 18.2 Å². The maximum atomic E-state index is 10.5. The summed E-state index contributed by atoms with van der Waals surface area (Å²) in [5.74, 6) is 0.799. The van der Waals surface area contributed by atoms with Crippen molar-refractivity contribution in [2.75, 3.05) is 0 Å². The molecule has 2 heteroatoms. The Bertz CT molecular complexity index is 496. The van der Waals surface area contributed by atoms with Crippen LogP contribution in [-0.2, 0) is 12.0 Å². The first-order valence-corrected chi connectivity index (χ1v) is 5.81. The molecule has 2 rings (SSSR count). The Labute approximate surface area is 102 Å². The standard InChI is InChI=1S/C15H18O2/c1-11-6-7-13(9-12(11)2)15(3,16)10-14-5-4-8-17-14/h4-9,16H,10H2,1-3H3. The van der Waals surface area contributed by atoms with Gasteiger partial charge in [0.25, 0.3) is 0 Å². The third kappa shape index (κ3) is 2.59. The highest BCUT2D eigenvalue weighted by atomic mass is 16.3. The summed E-state index contributed by atoms with van der Waals surface area (Å²) in [6.45, 7) is 5.95. The van der Waals surface area contributed by atoms with E-state index in [9.17, 15) is 5.11 Å². The second-order valence-electron chi connectivity index (χ2n) is 4.83. The van der Waals surface area contributed by atoms with Crippen molar-refractivity contribution < 1.29 is 9.52 Å². The Balaban J connectivity index is 2.27. The largest absolute Gasteiger partial charge is 0.469 e. The van der Waals surface area contributed by atoms with E-state index in [0.717, 1.165) is 11.3 Å². The van der Waals surface area contributed by atoms with Gasteiger partial charge in [0, 0.05) is 6.42 Å². The van der Waals surface area contributed by atoms with Crippen LogP contribution in [0, 0.1) is 13.8 Å². The van der Waals surface area contributed by atoms with Crippen LogP contribution >= 0.6 is 0 Å². The van der Waals surface area contributed by atoms with Crippen LogP contribution in [0.15, 0.2) is 41.0 Å². The van der Waals surface area contributed by atoms with E-state index in [1.165, 1.54) is 11.1 Å². The molecule has 90 valence electrons. The van der Waals surface area contributed by atoms with Crippen LogP contribution in [0.4, 0.5) is 0 Å². The average molecular weight is 230 g/mol. The van der Waals surface area contributed by atoms with Crippen molar-refractivity contribution in [3.05, 3.63) is 59.0 Å². The molecule has 17 heavy (non-hydrogen) atoms. The number of rotatable bonds is 3. The highest BCUT2D eigenvalue weighted by Gasteiger charge is 2.25. The summed E-state index contributed by atoms with van der Waals surface area (Å²) in [7, 11) is 0. The summed E-state index contributed by atoms with van der Waals surface area (Å²) in [5, 5.41) is 10.5. The lowest BCUT2D eigenvalue weighted by atomic mass is 9.89. The monoisotopic (exact) mass is 230 g/mol. The van der Waals surface area contributed by atoms with E-state index in [1.807, 2.05) is 37.3 Å². The molecule has 1 N–H and O–H groups in total. The van der Waals surface area contributed by atoms with Crippen molar-refractivity contribution >= 4 is 0 Å². The van der Waals surface area contributed by atoms with Crippen LogP contribution in [-0.4, -0.2) is 5.11 Å². The van der Waals surface area contributed by atoms with Gasteiger partial charge < -0.3 is 9.52 Å². The van der Waals surface area contributed by atoms with Gasteiger partial charge in [0.15, 0.2) is 0 Å². The van der Waals surface area contributed by atoms with Gasteiger partial charge in [-0.3, -0.25) is 0 Å². The minimum absolute atomic E-state index is 0.489. The summed E-state index contributed by atoms with van der Waals surface area (Å²) in [6, 6.07) is 9.78. The van der Waals surface area contributed by atoms with E-state index in [0.29, 0.717) is 6.42 Å². The Morgan fingerprint density at radius 1 is 1.18 bits per heavy atom. The van der Waals surface area contributed by atoms with Gasteiger partial charge >= 0.3 is 0 Å². The lowest BCUT2D eigenvalue weighted by molar-refractivity contribution is 0.0520. The Morgan fingerprint density at radius 3 is 2.53 bits per heavy atom. The van der Waals surface area contributed by atoms with Crippen molar-refractivity contribution in [1.82, 2.24) is 0 Å². The van der Waals surface area contributed by atoms with Crippen molar-refractivity contribution in [2.45, 2.75) is 32.8 Å². The third-order valence-electron chi connectivity index (χ3n) is 3.23. The van der Waals surface area contributed by atoms with Crippen molar-refractivity contribution in [2.24, 2.45) is 0 Å². The maximum Gasteiger partial charge on any atom is 0.106 e. The van der Waals surface area contributed by atoms with Gasteiger partial charge in [0.05, 0.1) is 11.9 Å². The molecule has 0 spiro atoms. The first-order valence-electron chi connectivity index (χ1n) is 5.81. The molecule has 2 aromatic rings. The molecule has 2 nitrogen and oxygen atoms in total.